The van der Waals surface area contributed by atoms with Gasteiger partial charge in [-0.3, -0.25) is 15.1 Å². The molecule has 1 amide bonds. The maximum atomic E-state index is 13.4. The molecule has 3 rings (SSSR count). The maximum absolute atomic E-state index is 13.4. The molecule has 0 atom stereocenters. The SMILES string of the molecule is CCOc1ccc(C(=O)NC(=NCc2ccccn2)Nc2ccc(F)c(Cl)c2)cc1. The van der Waals surface area contributed by atoms with Gasteiger partial charge in [-0.1, -0.05) is 17.7 Å². The molecular weight excluding hydrogens is 407 g/mol. The molecule has 0 saturated heterocycles. The van der Waals surface area contributed by atoms with E-state index < -0.39 is 5.82 Å². The second kappa shape index (κ2) is 10.4. The standard InChI is InChI=1S/C22H20ClFN4O2/c1-2-30-18-9-6-15(7-10-18)21(29)28-22(26-14-17-5-3-4-12-25-17)27-16-8-11-20(24)19(23)13-16/h3-13H,2,14H2,1H3,(H2,26,27,28,29). The Kier molecular flexibility index (Phi) is 7.34. The first kappa shape index (κ1) is 21.3. The van der Waals surface area contributed by atoms with E-state index in [1.54, 1.807) is 36.5 Å². The van der Waals surface area contributed by atoms with Crippen LogP contribution in [-0.4, -0.2) is 23.5 Å². The van der Waals surface area contributed by atoms with Crippen molar-refractivity contribution in [3.05, 3.63) is 89.0 Å². The number of hydrogen-bond acceptors (Lipinski definition) is 4. The van der Waals surface area contributed by atoms with Crippen molar-refractivity contribution in [1.29, 1.82) is 0 Å². The van der Waals surface area contributed by atoms with Gasteiger partial charge in [-0.25, -0.2) is 9.38 Å². The minimum Gasteiger partial charge on any atom is -0.494 e. The Morgan fingerprint density at radius 2 is 1.97 bits per heavy atom. The van der Waals surface area contributed by atoms with Gasteiger partial charge in [-0.05, 0) is 61.5 Å². The highest BCUT2D eigenvalue weighted by molar-refractivity contribution is 6.31. The Morgan fingerprint density at radius 1 is 1.17 bits per heavy atom. The molecule has 1 aromatic heterocycles. The number of aromatic nitrogens is 1. The number of carbonyl (C=O) groups is 1. The molecule has 0 unspecified atom stereocenters. The Labute approximate surface area is 178 Å². The summed E-state index contributed by atoms with van der Waals surface area (Å²) in [6.45, 7) is 2.67. The minimum absolute atomic E-state index is 0.0399. The van der Waals surface area contributed by atoms with Crippen molar-refractivity contribution < 1.29 is 13.9 Å². The summed E-state index contributed by atoms with van der Waals surface area (Å²) in [5, 5.41) is 5.66. The fourth-order valence-electron chi connectivity index (χ4n) is 2.52. The van der Waals surface area contributed by atoms with Crippen LogP contribution in [0.1, 0.15) is 23.0 Å². The highest BCUT2D eigenvalue weighted by Crippen LogP contribution is 2.19. The van der Waals surface area contributed by atoms with E-state index in [4.69, 9.17) is 16.3 Å². The predicted molar refractivity (Wildman–Crippen MR) is 115 cm³/mol. The molecule has 1 heterocycles. The molecule has 0 spiro atoms. The number of ether oxygens (including phenoxy) is 1. The molecule has 30 heavy (non-hydrogen) atoms. The van der Waals surface area contributed by atoms with E-state index >= 15 is 0 Å². The predicted octanol–water partition coefficient (Wildman–Crippen LogP) is 4.67. The smallest absolute Gasteiger partial charge is 0.257 e. The van der Waals surface area contributed by atoms with E-state index in [0.717, 1.165) is 5.69 Å². The van der Waals surface area contributed by atoms with E-state index in [9.17, 15) is 9.18 Å². The van der Waals surface area contributed by atoms with E-state index in [0.29, 0.717) is 23.6 Å². The number of benzene rings is 2. The Balaban J connectivity index is 1.78. The van der Waals surface area contributed by atoms with Gasteiger partial charge in [0, 0.05) is 17.4 Å². The van der Waals surface area contributed by atoms with Gasteiger partial charge in [0.25, 0.3) is 5.91 Å². The lowest BCUT2D eigenvalue weighted by Gasteiger charge is -2.12. The van der Waals surface area contributed by atoms with Crippen LogP contribution in [0.3, 0.4) is 0 Å². The second-order valence-electron chi connectivity index (χ2n) is 6.15. The lowest BCUT2D eigenvalue weighted by Crippen LogP contribution is -2.36. The molecule has 0 aliphatic rings. The van der Waals surface area contributed by atoms with Crippen LogP contribution in [0.2, 0.25) is 5.02 Å². The van der Waals surface area contributed by atoms with E-state index in [1.807, 2.05) is 19.1 Å². The molecule has 154 valence electrons. The van der Waals surface area contributed by atoms with Crippen LogP contribution in [-0.2, 0) is 6.54 Å². The van der Waals surface area contributed by atoms with Crippen molar-refractivity contribution in [2.45, 2.75) is 13.5 Å². The summed E-state index contributed by atoms with van der Waals surface area (Å²) in [5.41, 5.74) is 1.64. The Hall–Kier alpha value is -3.45. The number of nitrogens with one attached hydrogen (secondary N) is 2. The van der Waals surface area contributed by atoms with Crippen molar-refractivity contribution in [2.75, 3.05) is 11.9 Å². The Morgan fingerprint density at radius 3 is 2.63 bits per heavy atom. The summed E-state index contributed by atoms with van der Waals surface area (Å²) in [6.07, 6.45) is 1.66. The third kappa shape index (κ3) is 6.02. The summed E-state index contributed by atoms with van der Waals surface area (Å²) in [4.78, 5) is 21.3. The zero-order valence-corrected chi connectivity index (χ0v) is 17.0. The molecule has 0 radical (unpaired) electrons. The summed E-state index contributed by atoms with van der Waals surface area (Å²) in [7, 11) is 0. The van der Waals surface area contributed by atoms with Gasteiger partial charge in [-0.15, -0.1) is 0 Å². The molecule has 0 aliphatic carbocycles. The van der Waals surface area contributed by atoms with Gasteiger partial charge in [0.05, 0.1) is 23.9 Å². The fourth-order valence-corrected chi connectivity index (χ4v) is 2.70. The maximum Gasteiger partial charge on any atom is 0.257 e. The first-order valence-corrected chi connectivity index (χ1v) is 9.63. The van der Waals surface area contributed by atoms with Gasteiger partial charge in [-0.2, -0.15) is 0 Å². The van der Waals surface area contributed by atoms with Crippen molar-refractivity contribution in [2.24, 2.45) is 4.99 Å². The zero-order valence-electron chi connectivity index (χ0n) is 16.2. The number of guanidine groups is 1. The lowest BCUT2D eigenvalue weighted by molar-refractivity contribution is 0.0977. The molecule has 2 N–H and O–H groups in total. The zero-order chi connectivity index (χ0) is 21.3. The van der Waals surface area contributed by atoms with Crippen molar-refractivity contribution in [3.8, 4) is 5.75 Å². The van der Waals surface area contributed by atoms with E-state index in [-0.39, 0.29) is 23.4 Å². The number of aliphatic imine (C=N–C) groups is 1. The van der Waals surface area contributed by atoms with Gasteiger partial charge >= 0.3 is 0 Å². The average Bonchev–Trinajstić information content (AvgIpc) is 2.76. The Bertz CT molecular complexity index is 1030. The number of hydrogen-bond donors (Lipinski definition) is 2. The third-order valence-electron chi connectivity index (χ3n) is 3.97. The molecule has 0 saturated carbocycles. The molecule has 0 aliphatic heterocycles. The highest BCUT2D eigenvalue weighted by Gasteiger charge is 2.11. The number of halogens is 2. The van der Waals surface area contributed by atoms with Crippen LogP contribution in [0, 0.1) is 5.82 Å². The first-order chi connectivity index (χ1) is 14.5. The van der Waals surface area contributed by atoms with Gasteiger partial charge in [0.15, 0.2) is 0 Å². The van der Waals surface area contributed by atoms with Crippen LogP contribution < -0.4 is 15.4 Å². The van der Waals surface area contributed by atoms with Gasteiger partial charge in [0.1, 0.15) is 11.6 Å². The van der Waals surface area contributed by atoms with Crippen molar-refractivity contribution in [1.82, 2.24) is 10.3 Å². The van der Waals surface area contributed by atoms with Crippen LogP contribution in [0.15, 0.2) is 71.9 Å². The summed E-state index contributed by atoms with van der Waals surface area (Å²) < 4.78 is 18.8. The molecule has 0 bridgehead atoms. The van der Waals surface area contributed by atoms with Crippen LogP contribution in [0.25, 0.3) is 0 Å². The normalized spacial score (nSPS) is 11.1. The molecule has 6 nitrogen and oxygen atoms in total. The number of rotatable bonds is 6. The third-order valence-corrected chi connectivity index (χ3v) is 4.26. The van der Waals surface area contributed by atoms with E-state index in [2.05, 4.69) is 20.6 Å². The van der Waals surface area contributed by atoms with Crippen LogP contribution in [0.5, 0.6) is 5.75 Å². The molecular formula is C22H20ClFN4O2. The molecule has 2 aromatic carbocycles. The lowest BCUT2D eigenvalue weighted by atomic mass is 10.2. The number of nitrogens with zero attached hydrogens (tertiary/aromatic N) is 2. The van der Waals surface area contributed by atoms with Gasteiger partial charge in [0.2, 0.25) is 5.96 Å². The van der Waals surface area contributed by atoms with Gasteiger partial charge < -0.3 is 10.1 Å². The topological polar surface area (TPSA) is 75.6 Å². The number of amides is 1. The largest absolute Gasteiger partial charge is 0.494 e. The number of pyridine rings is 1. The van der Waals surface area contributed by atoms with Crippen molar-refractivity contribution >= 4 is 29.2 Å². The molecule has 0 fully saturated rings. The summed E-state index contributed by atoms with van der Waals surface area (Å²) >= 11 is 5.85. The summed E-state index contributed by atoms with van der Waals surface area (Å²) in [5.74, 6) is -0.0365. The quantitative estimate of drug-likeness (QED) is 0.443. The summed E-state index contributed by atoms with van der Waals surface area (Å²) in [6, 6.07) is 16.4. The highest BCUT2D eigenvalue weighted by atomic mass is 35.5. The van der Waals surface area contributed by atoms with Crippen molar-refractivity contribution in [3.63, 3.8) is 0 Å². The average molecular weight is 427 g/mol. The van der Waals surface area contributed by atoms with E-state index in [1.165, 1.54) is 18.2 Å². The first-order valence-electron chi connectivity index (χ1n) is 9.26. The minimum atomic E-state index is -0.535. The number of anilines is 1. The molecule has 3 aromatic rings. The van der Waals surface area contributed by atoms with Crippen LogP contribution >= 0.6 is 11.6 Å². The van der Waals surface area contributed by atoms with Crippen LogP contribution in [0.4, 0.5) is 10.1 Å². The second-order valence-corrected chi connectivity index (χ2v) is 6.56. The monoisotopic (exact) mass is 426 g/mol. The number of carbonyl (C=O) groups excluding carboxylic acids is 1. The fraction of sp³-hybridized carbons (Fsp3) is 0.136. The molecule has 8 heteroatoms.